The van der Waals surface area contributed by atoms with Crippen LogP contribution in [0, 0.1) is 17.3 Å². The van der Waals surface area contributed by atoms with Gasteiger partial charge < -0.3 is 30.3 Å². The zero-order valence-electron chi connectivity index (χ0n) is 25.5. The summed E-state index contributed by atoms with van der Waals surface area (Å²) < 4.78 is 24.0. The molecular formula is C29H48N3O8PS. The molecule has 42 heavy (non-hydrogen) atoms. The van der Waals surface area contributed by atoms with Crippen LogP contribution in [0.4, 0.5) is 0 Å². The van der Waals surface area contributed by atoms with Gasteiger partial charge >= 0.3 is 5.97 Å². The topological polar surface area (TPSA) is 185 Å². The zero-order valence-corrected chi connectivity index (χ0v) is 27.2. The number of rotatable bonds is 7. The number of epoxide rings is 1. The van der Waals surface area contributed by atoms with Gasteiger partial charge in [0.15, 0.2) is 0 Å². The molecule has 3 unspecified atom stereocenters. The number of Topliss-reactive ketones (excluding diaryl/α,β-unsaturated/α-hetero) is 1. The second kappa shape index (κ2) is 14.1. The quantitative estimate of drug-likeness (QED) is 0.169. The fourth-order valence-corrected chi connectivity index (χ4v) is 7.24. The van der Waals surface area contributed by atoms with Gasteiger partial charge in [-0.05, 0) is 44.3 Å². The number of ether oxygens (including phenoxy) is 2. The molecule has 2 saturated heterocycles. The van der Waals surface area contributed by atoms with E-state index in [9.17, 15) is 29.3 Å². The standard InChI is InChI=1S/C29H48N3O8PS/c1-17-8-7-9-29(6)23(40-29)13-21(39-25(34)14-22(33)28(4,5)27(36)19(3)26(17)35)18(2)12-20-16-42-24(32-20)15-31-41(37,38)11-10-30/h12,16-17,19,21-23,26,33,35H,7-11,13-15,30H2,1-6H3,(H2,31,37,38)/b18-12+/t17-,19+,21?,22?,23-,26-,29+/m0/s1. The Morgan fingerprint density at radius 2 is 1.98 bits per heavy atom. The molecule has 11 nitrogen and oxygen atoms in total. The average molecular weight is 630 g/mol. The van der Waals surface area contributed by atoms with Crippen LogP contribution in [-0.4, -0.2) is 74.6 Å². The molecule has 1 aromatic heterocycles. The first-order valence-corrected chi connectivity index (χ1v) is 17.4. The number of cyclic esters (lactones) is 1. The number of ketones is 1. The molecule has 0 radical (unpaired) electrons. The van der Waals surface area contributed by atoms with Crippen molar-refractivity contribution in [3.63, 3.8) is 0 Å². The molecule has 0 amide bonds. The summed E-state index contributed by atoms with van der Waals surface area (Å²) in [4.78, 5) is 40.8. The van der Waals surface area contributed by atoms with Crippen molar-refractivity contribution in [1.29, 1.82) is 0 Å². The number of nitrogens with two attached hydrogens (primary N) is 1. The first-order chi connectivity index (χ1) is 19.5. The Kier molecular flexibility index (Phi) is 11.7. The van der Waals surface area contributed by atoms with Crippen LogP contribution in [-0.2, 0) is 30.2 Å². The Hall–Kier alpha value is -1.50. The third-order valence-corrected chi connectivity index (χ3v) is 11.2. The van der Waals surface area contributed by atoms with Crippen LogP contribution in [0.1, 0.15) is 84.3 Å². The number of carbonyl (C=O) groups is 2. The molecule has 2 aliphatic rings. The van der Waals surface area contributed by atoms with Crippen molar-refractivity contribution < 1.29 is 38.7 Å². The summed E-state index contributed by atoms with van der Waals surface area (Å²) in [5.74, 6) is -1.75. The van der Waals surface area contributed by atoms with Gasteiger partial charge in [0.2, 0.25) is 0 Å². The zero-order chi connectivity index (χ0) is 31.5. The minimum absolute atomic E-state index is 0.0283. The number of aromatic nitrogens is 1. The molecule has 0 aliphatic carbocycles. The number of esters is 1. The Bertz CT molecular complexity index is 1190. The van der Waals surface area contributed by atoms with Crippen LogP contribution in [0.2, 0.25) is 0 Å². The summed E-state index contributed by atoms with van der Waals surface area (Å²) >= 11 is 1.34. The molecule has 8 atom stereocenters. The number of aliphatic hydroxyl groups is 2. The van der Waals surface area contributed by atoms with Crippen LogP contribution < -0.4 is 10.8 Å². The lowest BCUT2D eigenvalue weighted by atomic mass is 9.73. The highest BCUT2D eigenvalue weighted by atomic mass is 32.1. The predicted octanol–water partition coefficient (Wildman–Crippen LogP) is 3.40. The van der Waals surface area contributed by atoms with Crippen molar-refractivity contribution in [2.45, 2.75) is 110 Å². The van der Waals surface area contributed by atoms with E-state index >= 15 is 0 Å². The van der Waals surface area contributed by atoms with Crippen molar-refractivity contribution in [1.82, 2.24) is 10.1 Å². The van der Waals surface area contributed by atoms with E-state index in [4.69, 9.17) is 15.2 Å². The summed E-state index contributed by atoms with van der Waals surface area (Å²) in [5.41, 5.74) is 5.11. The summed E-state index contributed by atoms with van der Waals surface area (Å²) in [5, 5.41) is 26.9. The van der Waals surface area contributed by atoms with E-state index in [1.165, 1.54) is 11.3 Å². The SMILES string of the molecule is C/C(=C\c1csc(CNP(=O)(O)CCN)n1)C1C[C@@H]2O[C@]2(C)CCC[C@H](C)[C@H](O)[C@@H](C)C(=O)C(C)(C)C(O)CC(=O)O1. The lowest BCUT2D eigenvalue weighted by Gasteiger charge is -2.34. The fourth-order valence-electron chi connectivity index (χ4n) is 5.54. The molecule has 238 valence electrons. The highest BCUT2D eigenvalue weighted by molar-refractivity contribution is 7.55. The summed E-state index contributed by atoms with van der Waals surface area (Å²) in [7, 11) is -3.53. The highest BCUT2D eigenvalue weighted by Gasteiger charge is 2.53. The van der Waals surface area contributed by atoms with Crippen molar-refractivity contribution in [2.24, 2.45) is 23.0 Å². The largest absolute Gasteiger partial charge is 0.458 e. The molecule has 3 rings (SSSR count). The molecule has 0 bridgehead atoms. The van der Waals surface area contributed by atoms with Crippen molar-refractivity contribution in [2.75, 3.05) is 12.7 Å². The maximum atomic E-state index is 13.3. The van der Waals surface area contributed by atoms with Gasteiger partial charge in [-0.2, -0.15) is 0 Å². The molecule has 6 N–H and O–H groups in total. The van der Waals surface area contributed by atoms with Crippen molar-refractivity contribution >= 4 is 36.7 Å². The van der Waals surface area contributed by atoms with E-state index in [-0.39, 0.29) is 49.1 Å². The lowest BCUT2D eigenvalue weighted by Crippen LogP contribution is -2.45. The third kappa shape index (κ3) is 9.01. The minimum atomic E-state index is -3.53. The van der Waals surface area contributed by atoms with Gasteiger partial charge in [0.1, 0.15) is 16.9 Å². The molecular weight excluding hydrogens is 581 g/mol. The number of hydrogen-bond donors (Lipinski definition) is 5. The van der Waals surface area contributed by atoms with E-state index in [0.29, 0.717) is 17.1 Å². The number of nitrogens with zero attached hydrogens (tertiary/aromatic N) is 1. The number of thiazole rings is 1. The second-order valence-corrected chi connectivity index (χ2v) is 15.8. The van der Waals surface area contributed by atoms with Gasteiger partial charge in [0, 0.05) is 24.3 Å². The smallest absolute Gasteiger partial charge is 0.309 e. The normalized spacial score (nSPS) is 34.8. The van der Waals surface area contributed by atoms with Crippen LogP contribution in [0.5, 0.6) is 0 Å². The van der Waals surface area contributed by atoms with Gasteiger partial charge in [-0.15, -0.1) is 11.3 Å². The van der Waals surface area contributed by atoms with E-state index in [1.54, 1.807) is 20.8 Å². The van der Waals surface area contributed by atoms with Gasteiger partial charge in [0.25, 0.3) is 7.52 Å². The number of carbonyl (C=O) groups excluding carboxylic acids is 2. The number of nitrogens with one attached hydrogen (secondary N) is 1. The van der Waals surface area contributed by atoms with Gasteiger partial charge in [0.05, 0.1) is 54.1 Å². The van der Waals surface area contributed by atoms with E-state index in [0.717, 1.165) is 24.8 Å². The van der Waals surface area contributed by atoms with E-state index < -0.39 is 43.1 Å². The molecule has 2 aliphatic heterocycles. The first-order valence-electron chi connectivity index (χ1n) is 14.7. The summed E-state index contributed by atoms with van der Waals surface area (Å²) in [6.45, 7) is 10.9. The molecule has 3 heterocycles. The second-order valence-electron chi connectivity index (χ2n) is 12.7. The number of aliphatic hydroxyl groups excluding tert-OH is 2. The lowest BCUT2D eigenvalue weighted by molar-refractivity contribution is -0.154. The van der Waals surface area contributed by atoms with E-state index in [1.807, 2.05) is 32.2 Å². The summed E-state index contributed by atoms with van der Waals surface area (Å²) in [6.07, 6.45) is 1.20. The van der Waals surface area contributed by atoms with Gasteiger partial charge in [-0.3, -0.25) is 14.2 Å². The van der Waals surface area contributed by atoms with Gasteiger partial charge in [-0.1, -0.05) is 34.1 Å². The van der Waals surface area contributed by atoms with Crippen LogP contribution >= 0.6 is 18.9 Å². The Labute approximate surface area is 252 Å². The monoisotopic (exact) mass is 629 g/mol. The minimum Gasteiger partial charge on any atom is -0.458 e. The first kappa shape index (κ1) is 35.0. The summed E-state index contributed by atoms with van der Waals surface area (Å²) in [6, 6.07) is 0. The molecule has 1 aromatic rings. The van der Waals surface area contributed by atoms with Crippen molar-refractivity contribution in [3.8, 4) is 0 Å². The average Bonchev–Trinajstić information content (AvgIpc) is 3.31. The van der Waals surface area contributed by atoms with Crippen LogP contribution in [0.3, 0.4) is 0 Å². The number of hydrogen-bond acceptors (Lipinski definition) is 10. The Balaban J connectivity index is 1.80. The molecule has 13 heteroatoms. The maximum absolute atomic E-state index is 13.3. The fraction of sp³-hybridized carbons (Fsp3) is 0.759. The van der Waals surface area contributed by atoms with E-state index in [2.05, 4.69) is 10.1 Å². The van der Waals surface area contributed by atoms with Crippen LogP contribution in [0.25, 0.3) is 6.08 Å². The number of fused-ring (bicyclic) bond motifs is 1. The predicted molar refractivity (Wildman–Crippen MR) is 162 cm³/mol. The Morgan fingerprint density at radius 3 is 2.64 bits per heavy atom. The van der Waals surface area contributed by atoms with Gasteiger partial charge in [-0.25, -0.2) is 10.1 Å². The maximum Gasteiger partial charge on any atom is 0.309 e. The molecule has 0 spiro atoms. The molecule has 0 saturated carbocycles. The molecule has 0 aromatic carbocycles. The van der Waals surface area contributed by atoms with Crippen molar-refractivity contribution in [3.05, 3.63) is 21.7 Å². The highest BCUT2D eigenvalue weighted by Crippen LogP contribution is 2.45. The Morgan fingerprint density at radius 1 is 1.29 bits per heavy atom. The van der Waals surface area contributed by atoms with Crippen LogP contribution in [0.15, 0.2) is 11.0 Å². The third-order valence-electron chi connectivity index (χ3n) is 8.77. The molecule has 2 fully saturated rings.